The smallest absolute Gasteiger partial charge is 0.339 e. The summed E-state index contributed by atoms with van der Waals surface area (Å²) in [7, 11) is 1.66. The van der Waals surface area contributed by atoms with Crippen LogP contribution in [0, 0.1) is 11.7 Å². The van der Waals surface area contributed by atoms with Gasteiger partial charge in [-0.1, -0.05) is 24.3 Å². The molecule has 1 aliphatic heterocycles. The van der Waals surface area contributed by atoms with Crippen LogP contribution in [0.2, 0.25) is 0 Å². The highest BCUT2D eigenvalue weighted by Crippen LogP contribution is 2.51. The second kappa shape index (κ2) is 9.70. The fourth-order valence-electron chi connectivity index (χ4n) is 5.10. The summed E-state index contributed by atoms with van der Waals surface area (Å²) in [6, 6.07) is 11.9. The maximum atomic E-state index is 15.6. The summed E-state index contributed by atoms with van der Waals surface area (Å²) in [5.41, 5.74) is 8.85. The van der Waals surface area contributed by atoms with Crippen molar-refractivity contribution in [2.24, 2.45) is 17.5 Å². The zero-order chi connectivity index (χ0) is 26.3. The topological polar surface area (TPSA) is 131 Å². The Kier molecular flexibility index (Phi) is 6.43. The lowest BCUT2D eigenvalue weighted by atomic mass is 10.0. The van der Waals surface area contributed by atoms with E-state index in [0.29, 0.717) is 47.7 Å². The summed E-state index contributed by atoms with van der Waals surface area (Å²) in [5, 5.41) is 15.5. The highest BCUT2D eigenvalue weighted by Gasteiger charge is 2.45. The number of halogens is 1. The van der Waals surface area contributed by atoms with Crippen LogP contribution >= 0.6 is 0 Å². The first-order valence-electron chi connectivity index (χ1n) is 12.2. The number of carbonyl (C=O) groups excluding carboxylic acids is 1. The molecule has 10 heteroatoms. The highest BCUT2D eigenvalue weighted by molar-refractivity contribution is 5.96. The zero-order valence-electron chi connectivity index (χ0n) is 20.5. The zero-order valence-corrected chi connectivity index (χ0v) is 20.5. The second-order valence-corrected chi connectivity index (χ2v) is 9.62. The van der Waals surface area contributed by atoms with E-state index >= 15 is 4.39 Å². The molecule has 2 atom stereocenters. The van der Waals surface area contributed by atoms with Crippen molar-refractivity contribution in [3.8, 4) is 16.8 Å². The van der Waals surface area contributed by atoms with E-state index in [4.69, 9.17) is 11.6 Å². The summed E-state index contributed by atoms with van der Waals surface area (Å²) < 4.78 is 17.2. The van der Waals surface area contributed by atoms with E-state index < -0.39 is 11.8 Å². The number of benzene rings is 2. The monoisotopic (exact) mass is 504 g/mol. The third kappa shape index (κ3) is 4.67. The van der Waals surface area contributed by atoms with E-state index in [9.17, 15) is 14.7 Å². The first-order chi connectivity index (χ1) is 17.8. The normalized spacial score (nSPS) is 19.2. The van der Waals surface area contributed by atoms with Crippen LogP contribution in [-0.4, -0.2) is 56.8 Å². The Bertz CT molecular complexity index is 1390. The van der Waals surface area contributed by atoms with Gasteiger partial charge in [0.05, 0.1) is 23.1 Å². The van der Waals surface area contributed by atoms with Crippen LogP contribution in [0.3, 0.4) is 0 Å². The summed E-state index contributed by atoms with van der Waals surface area (Å²) in [6.07, 6.45) is 5.45. The lowest BCUT2D eigenvalue weighted by molar-refractivity contribution is 0.0694. The largest absolute Gasteiger partial charge is 0.478 e. The number of aromatic nitrogens is 2. The molecule has 1 aromatic heterocycles. The molecular formula is C27H29FN6O3. The average molecular weight is 505 g/mol. The predicted octanol–water partition coefficient (Wildman–Crippen LogP) is 3.32. The number of hydrogen-bond acceptors (Lipinski definition) is 6. The number of amides is 1. The lowest BCUT2D eigenvalue weighted by Crippen LogP contribution is -2.28. The standard InChI is InChI=1S/C27H29FN6O3/c1-32(30)15-23(29)20-13-21(20)25-22(27(36)37)14-31-34(25)17-7-4-6-16(12-17)18-8-5-9-19(24(18)28)26(35)33-10-2-3-11-33/h4-9,12,14-15,20-21H,2-3,10-11,13,29-30H2,1H3,(H,36,37)/b23-15-/t20?,21-/m1/s1. The molecule has 3 aromatic rings. The van der Waals surface area contributed by atoms with Crippen molar-refractivity contribution in [2.45, 2.75) is 25.2 Å². The lowest BCUT2D eigenvalue weighted by Gasteiger charge is -2.17. The van der Waals surface area contributed by atoms with Crippen LogP contribution < -0.4 is 11.6 Å². The fraction of sp³-hybridized carbons (Fsp3) is 0.296. The third-order valence-electron chi connectivity index (χ3n) is 6.98. The van der Waals surface area contributed by atoms with Gasteiger partial charge < -0.3 is 20.7 Å². The van der Waals surface area contributed by atoms with Gasteiger partial charge in [0.1, 0.15) is 11.4 Å². The maximum Gasteiger partial charge on any atom is 0.339 e. The van der Waals surface area contributed by atoms with E-state index in [0.717, 1.165) is 12.8 Å². The van der Waals surface area contributed by atoms with Crippen LogP contribution in [0.5, 0.6) is 0 Å². The Morgan fingerprint density at radius 3 is 2.59 bits per heavy atom. The van der Waals surface area contributed by atoms with Crippen LogP contribution in [0.4, 0.5) is 4.39 Å². The molecule has 0 bridgehead atoms. The van der Waals surface area contributed by atoms with Crippen molar-refractivity contribution in [3.63, 3.8) is 0 Å². The van der Waals surface area contributed by atoms with E-state index in [1.54, 1.807) is 59.2 Å². The molecule has 192 valence electrons. The molecule has 1 saturated carbocycles. The maximum absolute atomic E-state index is 15.6. The van der Waals surface area contributed by atoms with Gasteiger partial charge >= 0.3 is 5.97 Å². The van der Waals surface area contributed by atoms with E-state index in [2.05, 4.69) is 5.10 Å². The van der Waals surface area contributed by atoms with Crippen molar-refractivity contribution in [1.29, 1.82) is 0 Å². The van der Waals surface area contributed by atoms with Gasteiger partial charge in [-0.05, 0) is 43.0 Å². The van der Waals surface area contributed by atoms with Crippen molar-refractivity contribution in [1.82, 2.24) is 19.7 Å². The molecule has 2 fully saturated rings. The van der Waals surface area contributed by atoms with E-state index in [1.165, 1.54) is 17.3 Å². The Hall–Kier alpha value is -4.18. The number of carboxylic acid groups (broad SMARTS) is 1. The number of carboxylic acids is 1. The molecule has 0 spiro atoms. The quantitative estimate of drug-likeness (QED) is 0.332. The van der Waals surface area contributed by atoms with Crippen molar-refractivity contribution in [2.75, 3.05) is 20.1 Å². The van der Waals surface area contributed by atoms with Crippen LogP contribution in [0.25, 0.3) is 16.8 Å². The second-order valence-electron chi connectivity index (χ2n) is 9.62. The average Bonchev–Trinajstić information content (AvgIpc) is 3.26. The van der Waals surface area contributed by atoms with Crippen molar-refractivity contribution in [3.05, 3.63) is 83.2 Å². The Balaban J connectivity index is 1.51. The number of aromatic carboxylic acids is 1. The number of likely N-dealkylation sites (tertiary alicyclic amines) is 1. The Labute approximate surface area is 213 Å². The van der Waals surface area contributed by atoms with Crippen LogP contribution in [0.1, 0.15) is 51.6 Å². The molecular weight excluding hydrogens is 475 g/mol. The van der Waals surface area contributed by atoms with E-state index in [1.807, 2.05) is 0 Å². The number of hydrazine groups is 1. The molecule has 5 rings (SSSR count). The molecule has 1 unspecified atom stereocenters. The summed E-state index contributed by atoms with van der Waals surface area (Å²) in [4.78, 5) is 26.5. The molecule has 9 nitrogen and oxygen atoms in total. The number of nitrogens with zero attached hydrogens (tertiary/aromatic N) is 4. The van der Waals surface area contributed by atoms with Gasteiger partial charge in [-0.25, -0.2) is 19.7 Å². The van der Waals surface area contributed by atoms with Gasteiger partial charge in [0.15, 0.2) is 0 Å². The summed E-state index contributed by atoms with van der Waals surface area (Å²) >= 11 is 0. The van der Waals surface area contributed by atoms with Gasteiger partial charge in [0, 0.05) is 49.4 Å². The highest BCUT2D eigenvalue weighted by atomic mass is 19.1. The minimum Gasteiger partial charge on any atom is -0.478 e. The van der Waals surface area contributed by atoms with Crippen LogP contribution in [0.15, 0.2) is 60.6 Å². The Morgan fingerprint density at radius 2 is 1.89 bits per heavy atom. The minimum absolute atomic E-state index is 0.0469. The number of hydrogen-bond donors (Lipinski definition) is 3. The van der Waals surface area contributed by atoms with Gasteiger partial charge in [-0.15, -0.1) is 0 Å². The van der Waals surface area contributed by atoms with Crippen LogP contribution in [-0.2, 0) is 0 Å². The number of carbonyl (C=O) groups is 2. The molecule has 2 aromatic carbocycles. The summed E-state index contributed by atoms with van der Waals surface area (Å²) in [5.74, 6) is 3.51. The molecule has 37 heavy (non-hydrogen) atoms. The molecule has 2 heterocycles. The van der Waals surface area contributed by atoms with Crippen molar-refractivity contribution >= 4 is 11.9 Å². The predicted molar refractivity (Wildman–Crippen MR) is 136 cm³/mol. The Morgan fingerprint density at radius 1 is 1.16 bits per heavy atom. The summed E-state index contributed by atoms with van der Waals surface area (Å²) in [6.45, 7) is 1.27. The molecule has 5 N–H and O–H groups in total. The number of allylic oxidation sites excluding steroid dienone is 1. The molecule has 2 aliphatic rings. The molecule has 0 radical (unpaired) electrons. The van der Waals surface area contributed by atoms with Crippen molar-refractivity contribution < 1.29 is 19.1 Å². The minimum atomic E-state index is -1.08. The van der Waals surface area contributed by atoms with Gasteiger partial charge in [-0.3, -0.25) is 4.79 Å². The van der Waals surface area contributed by atoms with Gasteiger partial charge in [0.25, 0.3) is 5.91 Å². The van der Waals surface area contributed by atoms with E-state index in [-0.39, 0.29) is 28.9 Å². The molecule has 1 saturated heterocycles. The van der Waals surface area contributed by atoms with Gasteiger partial charge in [-0.2, -0.15) is 5.10 Å². The number of nitrogens with two attached hydrogens (primary N) is 2. The first-order valence-corrected chi connectivity index (χ1v) is 12.2. The molecule has 1 aliphatic carbocycles. The number of rotatable bonds is 7. The van der Waals surface area contributed by atoms with Gasteiger partial charge in [0.2, 0.25) is 0 Å². The third-order valence-corrected chi connectivity index (χ3v) is 6.98. The fourth-order valence-corrected chi connectivity index (χ4v) is 5.10. The SMILES string of the molecule is CN(N)/C=C(\N)C1C[C@H]1c1c(C(=O)O)cnn1-c1cccc(-c2cccc(C(=O)N3CCCC3)c2F)c1. The molecule has 1 amide bonds. The first kappa shape index (κ1) is 24.5.